The highest BCUT2D eigenvalue weighted by molar-refractivity contribution is 5.90. The first-order valence-corrected chi connectivity index (χ1v) is 8.45. The number of rotatable bonds is 8. The van der Waals surface area contributed by atoms with Gasteiger partial charge < -0.3 is 19.5 Å². The van der Waals surface area contributed by atoms with Gasteiger partial charge in [0, 0.05) is 12.6 Å². The van der Waals surface area contributed by atoms with Crippen LogP contribution in [0.4, 0.5) is 0 Å². The van der Waals surface area contributed by atoms with E-state index in [0.717, 1.165) is 22.6 Å². The Hall–Kier alpha value is -3.28. The lowest BCUT2D eigenvalue weighted by atomic mass is 10.2. The van der Waals surface area contributed by atoms with E-state index >= 15 is 0 Å². The van der Waals surface area contributed by atoms with Crippen molar-refractivity contribution >= 4 is 18.0 Å². The van der Waals surface area contributed by atoms with Gasteiger partial charge in [-0.3, -0.25) is 4.79 Å². The molecule has 0 aliphatic carbocycles. The van der Waals surface area contributed by atoms with Crippen LogP contribution in [-0.4, -0.2) is 32.2 Å². The van der Waals surface area contributed by atoms with Gasteiger partial charge in [-0.25, -0.2) is 4.79 Å². The SMILES string of the molecule is COc1ccc(/C=C/C(=O)O[C@H](C)C(=O)NCc2ccc(OC)cc2)cc1. The number of esters is 1. The molecule has 1 atom stereocenters. The molecule has 0 spiro atoms. The summed E-state index contributed by atoms with van der Waals surface area (Å²) in [5.41, 5.74) is 1.74. The predicted octanol–water partition coefficient (Wildman–Crippen LogP) is 2.97. The Morgan fingerprint density at radius 2 is 1.52 bits per heavy atom. The molecular formula is C21H23NO5. The first-order chi connectivity index (χ1) is 13.0. The number of carbonyl (C=O) groups is 2. The quantitative estimate of drug-likeness (QED) is 0.572. The predicted molar refractivity (Wildman–Crippen MR) is 102 cm³/mol. The molecule has 6 heteroatoms. The molecule has 0 aliphatic heterocycles. The van der Waals surface area contributed by atoms with Crippen LogP contribution in [0.5, 0.6) is 11.5 Å². The van der Waals surface area contributed by atoms with Gasteiger partial charge in [0.2, 0.25) is 0 Å². The minimum atomic E-state index is -0.892. The number of nitrogens with one attached hydrogen (secondary N) is 1. The summed E-state index contributed by atoms with van der Waals surface area (Å²) >= 11 is 0. The van der Waals surface area contributed by atoms with Crippen molar-refractivity contribution in [3.63, 3.8) is 0 Å². The van der Waals surface area contributed by atoms with Gasteiger partial charge in [-0.05, 0) is 48.4 Å². The average molecular weight is 369 g/mol. The van der Waals surface area contributed by atoms with Crippen LogP contribution < -0.4 is 14.8 Å². The Balaban J connectivity index is 1.79. The first kappa shape index (κ1) is 20.0. The maximum absolute atomic E-state index is 12.1. The number of hydrogen-bond donors (Lipinski definition) is 1. The van der Waals surface area contributed by atoms with Crippen molar-refractivity contribution in [3.8, 4) is 11.5 Å². The van der Waals surface area contributed by atoms with Crippen LogP contribution in [0.3, 0.4) is 0 Å². The van der Waals surface area contributed by atoms with Gasteiger partial charge in [0.1, 0.15) is 11.5 Å². The van der Waals surface area contributed by atoms with Crippen molar-refractivity contribution < 1.29 is 23.8 Å². The van der Waals surface area contributed by atoms with Crippen LogP contribution in [-0.2, 0) is 20.9 Å². The van der Waals surface area contributed by atoms with E-state index in [0.29, 0.717) is 6.54 Å². The Bertz CT molecular complexity index is 781. The van der Waals surface area contributed by atoms with Crippen molar-refractivity contribution in [1.82, 2.24) is 5.32 Å². The van der Waals surface area contributed by atoms with E-state index in [1.807, 2.05) is 36.4 Å². The van der Waals surface area contributed by atoms with Crippen LogP contribution in [0.25, 0.3) is 6.08 Å². The Kier molecular flexibility index (Phi) is 7.43. The van der Waals surface area contributed by atoms with E-state index in [4.69, 9.17) is 14.2 Å². The van der Waals surface area contributed by atoms with Crippen molar-refractivity contribution in [2.75, 3.05) is 14.2 Å². The summed E-state index contributed by atoms with van der Waals surface area (Å²) in [6.07, 6.45) is 2.01. The van der Waals surface area contributed by atoms with Crippen LogP contribution in [0, 0.1) is 0 Å². The van der Waals surface area contributed by atoms with E-state index in [1.165, 1.54) is 13.0 Å². The molecule has 2 aromatic rings. The van der Waals surface area contributed by atoms with Crippen molar-refractivity contribution in [3.05, 3.63) is 65.7 Å². The molecule has 0 aliphatic rings. The van der Waals surface area contributed by atoms with Gasteiger partial charge in [-0.2, -0.15) is 0 Å². The minimum absolute atomic E-state index is 0.340. The molecular weight excluding hydrogens is 346 g/mol. The maximum Gasteiger partial charge on any atom is 0.331 e. The summed E-state index contributed by atoms with van der Waals surface area (Å²) in [5.74, 6) is 0.530. The molecule has 1 N–H and O–H groups in total. The number of ether oxygens (including phenoxy) is 3. The molecule has 142 valence electrons. The normalized spacial score (nSPS) is 11.7. The number of carbonyl (C=O) groups excluding carboxylic acids is 2. The second-order valence-electron chi connectivity index (χ2n) is 5.75. The topological polar surface area (TPSA) is 73.9 Å². The molecule has 0 fully saturated rings. The molecule has 0 unspecified atom stereocenters. The van der Waals surface area contributed by atoms with Gasteiger partial charge in [-0.1, -0.05) is 24.3 Å². The zero-order valence-corrected chi connectivity index (χ0v) is 15.6. The van der Waals surface area contributed by atoms with Crippen LogP contribution in [0.2, 0.25) is 0 Å². The highest BCUT2D eigenvalue weighted by Gasteiger charge is 2.16. The highest BCUT2D eigenvalue weighted by Crippen LogP contribution is 2.13. The lowest BCUT2D eigenvalue weighted by Crippen LogP contribution is -2.35. The summed E-state index contributed by atoms with van der Waals surface area (Å²) < 4.78 is 15.3. The molecule has 0 radical (unpaired) electrons. The molecule has 0 aromatic heterocycles. The van der Waals surface area contributed by atoms with E-state index in [-0.39, 0.29) is 5.91 Å². The van der Waals surface area contributed by atoms with E-state index in [9.17, 15) is 9.59 Å². The smallest absolute Gasteiger partial charge is 0.331 e. The minimum Gasteiger partial charge on any atom is -0.497 e. The molecule has 0 heterocycles. The largest absolute Gasteiger partial charge is 0.497 e. The third-order valence-electron chi connectivity index (χ3n) is 3.82. The number of hydrogen-bond acceptors (Lipinski definition) is 5. The molecule has 27 heavy (non-hydrogen) atoms. The number of methoxy groups -OCH3 is 2. The Morgan fingerprint density at radius 1 is 0.963 bits per heavy atom. The van der Waals surface area contributed by atoms with Gasteiger partial charge in [0.25, 0.3) is 5.91 Å². The molecule has 6 nitrogen and oxygen atoms in total. The van der Waals surface area contributed by atoms with Crippen molar-refractivity contribution in [2.45, 2.75) is 19.6 Å². The summed E-state index contributed by atoms with van der Waals surface area (Å²) in [4.78, 5) is 23.9. The van der Waals surface area contributed by atoms with Crippen molar-refractivity contribution in [2.24, 2.45) is 0 Å². The first-order valence-electron chi connectivity index (χ1n) is 8.45. The second-order valence-corrected chi connectivity index (χ2v) is 5.75. The number of benzene rings is 2. The molecule has 0 saturated heterocycles. The Morgan fingerprint density at radius 3 is 2.07 bits per heavy atom. The highest BCUT2D eigenvalue weighted by atomic mass is 16.5. The lowest BCUT2D eigenvalue weighted by molar-refractivity contribution is -0.150. The summed E-state index contributed by atoms with van der Waals surface area (Å²) in [6, 6.07) is 14.5. The zero-order valence-electron chi connectivity index (χ0n) is 15.6. The van der Waals surface area contributed by atoms with Crippen LogP contribution in [0.1, 0.15) is 18.1 Å². The third kappa shape index (κ3) is 6.51. The lowest BCUT2D eigenvalue weighted by Gasteiger charge is -2.12. The Labute approximate surface area is 158 Å². The maximum atomic E-state index is 12.1. The van der Waals surface area contributed by atoms with Gasteiger partial charge in [-0.15, -0.1) is 0 Å². The van der Waals surface area contributed by atoms with E-state index in [1.54, 1.807) is 32.4 Å². The number of amides is 1. The monoisotopic (exact) mass is 369 g/mol. The van der Waals surface area contributed by atoms with E-state index < -0.39 is 12.1 Å². The van der Waals surface area contributed by atoms with Gasteiger partial charge in [0.05, 0.1) is 14.2 Å². The fourth-order valence-corrected chi connectivity index (χ4v) is 2.22. The van der Waals surface area contributed by atoms with Crippen LogP contribution >= 0.6 is 0 Å². The molecule has 0 saturated carbocycles. The van der Waals surface area contributed by atoms with Gasteiger partial charge >= 0.3 is 5.97 Å². The summed E-state index contributed by atoms with van der Waals surface area (Å²) in [5, 5.41) is 2.73. The fraction of sp³-hybridized carbons (Fsp3) is 0.238. The van der Waals surface area contributed by atoms with Crippen molar-refractivity contribution in [1.29, 1.82) is 0 Å². The molecule has 2 rings (SSSR count). The molecule has 0 bridgehead atoms. The van der Waals surface area contributed by atoms with Gasteiger partial charge in [0.15, 0.2) is 6.10 Å². The summed E-state index contributed by atoms with van der Waals surface area (Å²) in [6.45, 7) is 1.87. The third-order valence-corrected chi connectivity index (χ3v) is 3.82. The molecule has 2 aromatic carbocycles. The molecule has 1 amide bonds. The van der Waals surface area contributed by atoms with E-state index in [2.05, 4.69) is 5.32 Å². The zero-order chi connectivity index (χ0) is 19.6. The average Bonchev–Trinajstić information content (AvgIpc) is 2.71. The fourth-order valence-electron chi connectivity index (χ4n) is 2.22. The van der Waals surface area contributed by atoms with Crippen LogP contribution in [0.15, 0.2) is 54.6 Å². The standard InChI is InChI=1S/C21H23NO5/c1-15(21(24)22-14-17-6-11-19(26-3)12-7-17)27-20(23)13-8-16-4-9-18(25-2)10-5-16/h4-13,15H,14H2,1-3H3,(H,22,24)/b13-8+/t15-/m1/s1. The summed E-state index contributed by atoms with van der Waals surface area (Å²) in [7, 11) is 3.18. The second kappa shape index (κ2) is 10.0.